The molecule has 2 atom stereocenters. The smallest absolute Gasteiger partial charge is 0.225 e. The fourth-order valence-corrected chi connectivity index (χ4v) is 4.97. The number of ether oxygens (including phenoxy) is 1. The Morgan fingerprint density at radius 3 is 2.38 bits per heavy atom. The molecule has 1 saturated carbocycles. The van der Waals surface area contributed by atoms with Crippen LogP contribution in [0.4, 0.5) is 0 Å². The normalized spacial score (nSPS) is 28.4. The second-order valence-electron chi connectivity index (χ2n) is 8.27. The lowest BCUT2D eigenvalue weighted by Gasteiger charge is -2.34. The Balaban J connectivity index is 1.24. The van der Waals surface area contributed by atoms with E-state index in [1.807, 2.05) is 0 Å². The molecular weight excluding hydrogens is 324 g/mol. The van der Waals surface area contributed by atoms with Gasteiger partial charge >= 0.3 is 0 Å². The number of benzene rings is 1. The van der Waals surface area contributed by atoms with Crippen LogP contribution >= 0.6 is 0 Å². The van der Waals surface area contributed by atoms with Gasteiger partial charge in [-0.3, -0.25) is 4.79 Å². The lowest BCUT2D eigenvalue weighted by molar-refractivity contribution is -0.136. The van der Waals surface area contributed by atoms with Crippen molar-refractivity contribution in [1.29, 1.82) is 0 Å². The molecule has 2 heterocycles. The summed E-state index contributed by atoms with van der Waals surface area (Å²) < 4.78 is 5.44. The minimum absolute atomic E-state index is 0.237. The highest BCUT2D eigenvalue weighted by molar-refractivity contribution is 5.79. The molecule has 1 N–H and O–H groups in total. The van der Waals surface area contributed by atoms with E-state index >= 15 is 0 Å². The van der Waals surface area contributed by atoms with Crippen molar-refractivity contribution in [2.45, 2.75) is 62.9 Å². The molecule has 1 unspecified atom stereocenters. The molecule has 0 aromatic heterocycles. The van der Waals surface area contributed by atoms with E-state index in [0.29, 0.717) is 23.9 Å². The molecule has 0 radical (unpaired) electrons. The Kier molecular flexibility index (Phi) is 5.91. The van der Waals surface area contributed by atoms with Crippen LogP contribution in [0.3, 0.4) is 0 Å². The quantitative estimate of drug-likeness (QED) is 0.900. The van der Waals surface area contributed by atoms with Gasteiger partial charge in [0.15, 0.2) is 0 Å². The van der Waals surface area contributed by atoms with Gasteiger partial charge in [0, 0.05) is 44.3 Å². The molecule has 2 aliphatic heterocycles. The summed E-state index contributed by atoms with van der Waals surface area (Å²) in [6.07, 6.45) is 7.66. The predicted octanol–water partition coefficient (Wildman–Crippen LogP) is 3.33. The maximum atomic E-state index is 13.0. The van der Waals surface area contributed by atoms with Crippen LogP contribution in [0.1, 0.15) is 56.4 Å². The highest BCUT2D eigenvalue weighted by Crippen LogP contribution is 2.32. The molecule has 2 saturated heterocycles. The largest absolute Gasteiger partial charge is 0.381 e. The lowest BCUT2D eigenvalue weighted by Crippen LogP contribution is -2.42. The number of carbonyl (C=O) groups is 1. The van der Waals surface area contributed by atoms with Crippen LogP contribution in [-0.4, -0.2) is 49.2 Å². The fourth-order valence-electron chi connectivity index (χ4n) is 4.97. The molecule has 1 aliphatic carbocycles. The van der Waals surface area contributed by atoms with E-state index in [2.05, 4.69) is 40.5 Å². The van der Waals surface area contributed by atoms with Crippen molar-refractivity contribution in [3.05, 3.63) is 35.9 Å². The first-order valence-electron chi connectivity index (χ1n) is 10.5. The highest BCUT2D eigenvalue weighted by atomic mass is 16.5. The first-order valence-corrected chi connectivity index (χ1v) is 10.5. The molecule has 4 nitrogen and oxygen atoms in total. The monoisotopic (exact) mass is 356 g/mol. The van der Waals surface area contributed by atoms with Crippen LogP contribution in [0, 0.1) is 5.92 Å². The Morgan fingerprint density at radius 2 is 1.65 bits per heavy atom. The summed E-state index contributed by atoms with van der Waals surface area (Å²) in [5, 5.41) is 3.78. The maximum Gasteiger partial charge on any atom is 0.225 e. The van der Waals surface area contributed by atoms with Crippen LogP contribution < -0.4 is 5.32 Å². The Morgan fingerprint density at radius 1 is 0.923 bits per heavy atom. The summed E-state index contributed by atoms with van der Waals surface area (Å²) in [6, 6.07) is 11.9. The van der Waals surface area contributed by atoms with Crippen LogP contribution in [0.15, 0.2) is 30.3 Å². The Hall–Kier alpha value is -1.39. The molecule has 1 aromatic carbocycles. The van der Waals surface area contributed by atoms with E-state index in [-0.39, 0.29) is 5.92 Å². The van der Waals surface area contributed by atoms with E-state index < -0.39 is 0 Å². The van der Waals surface area contributed by atoms with Gasteiger partial charge in [-0.15, -0.1) is 0 Å². The van der Waals surface area contributed by atoms with Gasteiger partial charge in [0.2, 0.25) is 5.91 Å². The topological polar surface area (TPSA) is 41.6 Å². The number of hydrogen-bond donors (Lipinski definition) is 1. The van der Waals surface area contributed by atoms with Gasteiger partial charge in [-0.05, 0) is 56.4 Å². The highest BCUT2D eigenvalue weighted by Gasteiger charge is 2.35. The zero-order chi connectivity index (χ0) is 17.8. The third-order valence-electron chi connectivity index (χ3n) is 6.55. The third kappa shape index (κ3) is 4.29. The molecule has 142 valence electrons. The molecule has 1 aromatic rings. The average molecular weight is 357 g/mol. The van der Waals surface area contributed by atoms with Gasteiger partial charge in [-0.2, -0.15) is 0 Å². The number of hydrogen-bond acceptors (Lipinski definition) is 3. The van der Waals surface area contributed by atoms with E-state index in [0.717, 1.165) is 71.2 Å². The number of piperidine rings is 1. The van der Waals surface area contributed by atoms with Gasteiger partial charge in [0.1, 0.15) is 0 Å². The summed E-state index contributed by atoms with van der Waals surface area (Å²) >= 11 is 0. The van der Waals surface area contributed by atoms with Gasteiger partial charge < -0.3 is 15.0 Å². The van der Waals surface area contributed by atoms with Gasteiger partial charge in [0.05, 0.1) is 0 Å². The van der Waals surface area contributed by atoms with E-state index in [9.17, 15) is 4.79 Å². The van der Waals surface area contributed by atoms with Gasteiger partial charge in [-0.1, -0.05) is 30.3 Å². The summed E-state index contributed by atoms with van der Waals surface area (Å²) in [5.41, 5.74) is 1.43. The summed E-state index contributed by atoms with van der Waals surface area (Å²) in [6.45, 7) is 3.60. The minimum atomic E-state index is 0.237. The average Bonchev–Trinajstić information content (AvgIpc) is 3.17. The van der Waals surface area contributed by atoms with Crippen molar-refractivity contribution in [3.8, 4) is 0 Å². The SMILES string of the molecule is O=C([C@H]1CCC(NC2CCOCC2)C1)N1CCC(c2ccccc2)CC1. The van der Waals surface area contributed by atoms with Crippen molar-refractivity contribution in [2.24, 2.45) is 5.92 Å². The van der Waals surface area contributed by atoms with E-state index in [1.54, 1.807) is 0 Å². The van der Waals surface area contributed by atoms with E-state index in [4.69, 9.17) is 4.74 Å². The second kappa shape index (κ2) is 8.53. The molecule has 0 bridgehead atoms. The zero-order valence-electron chi connectivity index (χ0n) is 15.7. The van der Waals surface area contributed by atoms with Crippen LogP contribution in [0.25, 0.3) is 0 Å². The molecular formula is C22H32N2O2. The Labute approximate surface area is 157 Å². The van der Waals surface area contributed by atoms with Crippen molar-refractivity contribution < 1.29 is 9.53 Å². The predicted molar refractivity (Wildman–Crippen MR) is 103 cm³/mol. The molecule has 26 heavy (non-hydrogen) atoms. The third-order valence-corrected chi connectivity index (χ3v) is 6.55. The van der Waals surface area contributed by atoms with Crippen LogP contribution in [0.5, 0.6) is 0 Å². The molecule has 4 rings (SSSR count). The second-order valence-corrected chi connectivity index (χ2v) is 8.27. The first kappa shape index (κ1) is 18.0. The summed E-state index contributed by atoms with van der Waals surface area (Å²) in [7, 11) is 0. The van der Waals surface area contributed by atoms with Crippen molar-refractivity contribution in [1.82, 2.24) is 10.2 Å². The van der Waals surface area contributed by atoms with Gasteiger partial charge in [0.25, 0.3) is 0 Å². The van der Waals surface area contributed by atoms with Crippen molar-refractivity contribution in [2.75, 3.05) is 26.3 Å². The molecule has 3 aliphatic rings. The summed E-state index contributed by atoms with van der Waals surface area (Å²) in [4.78, 5) is 15.1. The number of likely N-dealkylation sites (tertiary alicyclic amines) is 1. The molecule has 3 fully saturated rings. The van der Waals surface area contributed by atoms with Crippen molar-refractivity contribution >= 4 is 5.91 Å². The lowest BCUT2D eigenvalue weighted by atomic mass is 9.89. The standard InChI is InChI=1S/C22H32N2O2/c25-22(19-6-7-21(16-19)23-20-10-14-26-15-11-20)24-12-8-18(9-13-24)17-4-2-1-3-5-17/h1-5,18-21,23H,6-16H2/t19-,21?/m0/s1. The van der Waals surface area contributed by atoms with Gasteiger partial charge in [-0.25, -0.2) is 0 Å². The van der Waals surface area contributed by atoms with Crippen LogP contribution in [0.2, 0.25) is 0 Å². The van der Waals surface area contributed by atoms with Crippen LogP contribution in [-0.2, 0) is 9.53 Å². The first-order chi connectivity index (χ1) is 12.8. The van der Waals surface area contributed by atoms with E-state index in [1.165, 1.54) is 5.56 Å². The number of carbonyl (C=O) groups excluding carboxylic acids is 1. The number of nitrogens with zero attached hydrogens (tertiary/aromatic N) is 1. The Bertz CT molecular complexity index is 577. The number of rotatable bonds is 4. The molecule has 1 amide bonds. The molecule has 4 heteroatoms. The number of amides is 1. The number of nitrogens with one attached hydrogen (secondary N) is 1. The zero-order valence-corrected chi connectivity index (χ0v) is 15.7. The summed E-state index contributed by atoms with van der Waals surface area (Å²) in [5.74, 6) is 1.26. The molecule has 0 spiro atoms. The fraction of sp³-hybridized carbons (Fsp3) is 0.682. The minimum Gasteiger partial charge on any atom is -0.381 e. The maximum absolute atomic E-state index is 13.0. The van der Waals surface area contributed by atoms with Crippen molar-refractivity contribution in [3.63, 3.8) is 0 Å².